The van der Waals surface area contributed by atoms with E-state index in [-0.39, 0.29) is 17.7 Å². The van der Waals surface area contributed by atoms with Crippen molar-refractivity contribution < 1.29 is 17.9 Å². The van der Waals surface area contributed by atoms with Crippen LogP contribution < -0.4 is 10.6 Å². The van der Waals surface area contributed by atoms with Crippen molar-refractivity contribution in [2.24, 2.45) is 0 Å². The second-order valence-electron chi connectivity index (χ2n) is 4.39. The summed E-state index contributed by atoms with van der Waals surface area (Å²) < 4.78 is 43.6. The van der Waals surface area contributed by atoms with Crippen LogP contribution in [0, 0.1) is 0 Å². The van der Waals surface area contributed by atoms with E-state index in [4.69, 9.17) is 4.74 Å². The molecule has 1 atom stereocenters. The summed E-state index contributed by atoms with van der Waals surface area (Å²) in [6.07, 6.45) is -2.42. The molecule has 1 aromatic rings. The van der Waals surface area contributed by atoms with Crippen LogP contribution in [0.1, 0.15) is 18.4 Å². The summed E-state index contributed by atoms with van der Waals surface area (Å²) in [5, 5.41) is 5.52. The molecule has 0 radical (unpaired) electrons. The first-order valence-corrected chi connectivity index (χ1v) is 6.11. The lowest BCUT2D eigenvalue weighted by molar-refractivity contribution is -0.137. The van der Waals surface area contributed by atoms with Crippen molar-refractivity contribution in [2.75, 3.05) is 30.8 Å². The Hall–Kier alpha value is -1.50. The van der Waals surface area contributed by atoms with Crippen molar-refractivity contribution in [2.45, 2.75) is 25.1 Å². The maximum absolute atomic E-state index is 12.7. The fraction of sp³-hybridized carbons (Fsp3) is 0.583. The Labute approximate surface area is 109 Å². The van der Waals surface area contributed by atoms with Gasteiger partial charge in [-0.2, -0.15) is 13.2 Å². The second kappa shape index (κ2) is 5.64. The molecular weight excluding hydrogens is 259 g/mol. The number of hydrogen-bond donors (Lipinski definition) is 2. The van der Waals surface area contributed by atoms with Crippen LogP contribution in [-0.2, 0) is 10.9 Å². The molecule has 0 saturated carbocycles. The molecule has 0 amide bonds. The van der Waals surface area contributed by atoms with Crippen LogP contribution in [-0.4, -0.2) is 31.3 Å². The van der Waals surface area contributed by atoms with Gasteiger partial charge in [0, 0.05) is 20.2 Å². The summed E-state index contributed by atoms with van der Waals surface area (Å²) in [6.45, 7) is 1.18. The predicted molar refractivity (Wildman–Crippen MR) is 66.2 cm³/mol. The quantitative estimate of drug-likeness (QED) is 0.887. The number of nitrogens with zero attached hydrogens (tertiary/aromatic N) is 1. The highest BCUT2D eigenvalue weighted by molar-refractivity contribution is 5.49. The van der Waals surface area contributed by atoms with Crippen molar-refractivity contribution in [1.82, 2.24) is 4.98 Å². The fourth-order valence-electron chi connectivity index (χ4n) is 1.94. The lowest BCUT2D eigenvalue weighted by Crippen LogP contribution is -2.19. The summed E-state index contributed by atoms with van der Waals surface area (Å²) in [7, 11) is 1.53. The fourth-order valence-corrected chi connectivity index (χ4v) is 1.94. The zero-order valence-corrected chi connectivity index (χ0v) is 10.5. The maximum Gasteiger partial charge on any atom is 0.416 e. The van der Waals surface area contributed by atoms with Crippen molar-refractivity contribution >= 4 is 11.6 Å². The van der Waals surface area contributed by atoms with Gasteiger partial charge in [-0.05, 0) is 25.0 Å². The Kier molecular flexibility index (Phi) is 4.14. The summed E-state index contributed by atoms with van der Waals surface area (Å²) >= 11 is 0. The van der Waals surface area contributed by atoms with Crippen LogP contribution in [0.25, 0.3) is 0 Å². The molecule has 7 heteroatoms. The van der Waals surface area contributed by atoms with Gasteiger partial charge in [0.05, 0.1) is 11.7 Å². The molecule has 2 heterocycles. The SMILES string of the molecule is CNc1cc(C(F)(F)F)cc(NCC2CCCO2)n1. The number of nitrogens with one attached hydrogen (secondary N) is 2. The van der Waals surface area contributed by atoms with Crippen LogP contribution in [0.3, 0.4) is 0 Å². The highest BCUT2D eigenvalue weighted by atomic mass is 19.4. The molecule has 1 aliphatic heterocycles. The van der Waals surface area contributed by atoms with E-state index in [9.17, 15) is 13.2 Å². The number of alkyl halides is 3. The number of halogens is 3. The lowest BCUT2D eigenvalue weighted by atomic mass is 10.2. The molecule has 0 aromatic carbocycles. The highest BCUT2D eigenvalue weighted by Gasteiger charge is 2.31. The Bertz CT molecular complexity index is 431. The van der Waals surface area contributed by atoms with Crippen LogP contribution in [0.4, 0.5) is 24.8 Å². The van der Waals surface area contributed by atoms with Gasteiger partial charge < -0.3 is 15.4 Å². The van der Waals surface area contributed by atoms with E-state index >= 15 is 0 Å². The van der Waals surface area contributed by atoms with Gasteiger partial charge in [0.25, 0.3) is 0 Å². The summed E-state index contributed by atoms with van der Waals surface area (Å²) in [6, 6.07) is 1.99. The minimum atomic E-state index is -4.38. The number of anilines is 2. The van der Waals surface area contributed by atoms with Gasteiger partial charge in [0.1, 0.15) is 11.6 Å². The minimum absolute atomic E-state index is 0.0504. The summed E-state index contributed by atoms with van der Waals surface area (Å²) in [5.74, 6) is 0.388. The van der Waals surface area contributed by atoms with Gasteiger partial charge in [-0.1, -0.05) is 0 Å². The topological polar surface area (TPSA) is 46.2 Å². The predicted octanol–water partition coefficient (Wildman–Crippen LogP) is 2.73. The zero-order valence-electron chi connectivity index (χ0n) is 10.5. The van der Waals surface area contributed by atoms with Gasteiger partial charge in [-0.25, -0.2) is 4.98 Å². The first kappa shape index (κ1) is 13.9. The molecule has 19 heavy (non-hydrogen) atoms. The highest BCUT2D eigenvalue weighted by Crippen LogP contribution is 2.32. The Morgan fingerprint density at radius 1 is 1.37 bits per heavy atom. The first-order valence-electron chi connectivity index (χ1n) is 6.11. The van der Waals surface area contributed by atoms with Crippen molar-refractivity contribution in [3.8, 4) is 0 Å². The molecule has 1 aromatic heterocycles. The Balaban J connectivity index is 2.10. The average Bonchev–Trinajstić information content (AvgIpc) is 2.88. The third-order valence-electron chi connectivity index (χ3n) is 2.94. The molecule has 106 valence electrons. The molecule has 1 saturated heterocycles. The maximum atomic E-state index is 12.7. The smallest absolute Gasteiger partial charge is 0.376 e. The van der Waals surface area contributed by atoms with Crippen LogP contribution in [0.2, 0.25) is 0 Å². The van der Waals surface area contributed by atoms with E-state index < -0.39 is 11.7 Å². The van der Waals surface area contributed by atoms with E-state index in [1.165, 1.54) is 7.05 Å². The van der Waals surface area contributed by atoms with E-state index in [1.807, 2.05) is 0 Å². The van der Waals surface area contributed by atoms with Crippen LogP contribution >= 0.6 is 0 Å². The lowest BCUT2D eigenvalue weighted by Gasteiger charge is -2.14. The molecule has 2 N–H and O–H groups in total. The standard InChI is InChI=1S/C12H16F3N3O/c1-16-10-5-8(12(13,14)15)6-11(18-10)17-7-9-3-2-4-19-9/h5-6,9H,2-4,7H2,1H3,(H2,16,17,18). The summed E-state index contributed by atoms with van der Waals surface area (Å²) in [5.41, 5.74) is -0.721. The Morgan fingerprint density at radius 2 is 2.11 bits per heavy atom. The van der Waals surface area contributed by atoms with E-state index in [1.54, 1.807) is 0 Å². The molecule has 0 bridgehead atoms. The molecule has 0 aliphatic carbocycles. The zero-order chi connectivity index (χ0) is 13.9. The summed E-state index contributed by atoms with van der Waals surface area (Å²) in [4.78, 5) is 4.05. The molecule has 4 nitrogen and oxygen atoms in total. The number of hydrogen-bond acceptors (Lipinski definition) is 4. The number of ether oxygens (including phenoxy) is 1. The monoisotopic (exact) mass is 275 g/mol. The molecular formula is C12H16F3N3O. The largest absolute Gasteiger partial charge is 0.416 e. The van der Waals surface area contributed by atoms with Gasteiger partial charge in [0.2, 0.25) is 0 Å². The van der Waals surface area contributed by atoms with E-state index in [0.29, 0.717) is 13.2 Å². The van der Waals surface area contributed by atoms with Gasteiger partial charge >= 0.3 is 6.18 Å². The number of aromatic nitrogens is 1. The number of rotatable bonds is 4. The molecule has 0 spiro atoms. The Morgan fingerprint density at radius 3 is 2.68 bits per heavy atom. The van der Waals surface area contributed by atoms with Crippen molar-refractivity contribution in [3.05, 3.63) is 17.7 Å². The van der Waals surface area contributed by atoms with Gasteiger partial charge in [0.15, 0.2) is 0 Å². The average molecular weight is 275 g/mol. The molecule has 1 aliphatic rings. The minimum Gasteiger partial charge on any atom is -0.376 e. The van der Waals surface area contributed by atoms with E-state index in [2.05, 4.69) is 15.6 Å². The molecule has 1 unspecified atom stereocenters. The second-order valence-corrected chi connectivity index (χ2v) is 4.39. The third kappa shape index (κ3) is 3.73. The first-order chi connectivity index (χ1) is 8.99. The van der Waals surface area contributed by atoms with E-state index in [0.717, 1.165) is 25.0 Å². The van der Waals surface area contributed by atoms with Gasteiger partial charge in [-0.3, -0.25) is 0 Å². The third-order valence-corrected chi connectivity index (χ3v) is 2.94. The van der Waals surface area contributed by atoms with Crippen LogP contribution in [0.5, 0.6) is 0 Å². The normalized spacial score (nSPS) is 19.5. The number of pyridine rings is 1. The van der Waals surface area contributed by atoms with Crippen molar-refractivity contribution in [1.29, 1.82) is 0 Å². The van der Waals surface area contributed by atoms with Gasteiger partial charge in [-0.15, -0.1) is 0 Å². The molecule has 2 rings (SSSR count). The van der Waals surface area contributed by atoms with Crippen molar-refractivity contribution in [3.63, 3.8) is 0 Å². The molecule has 1 fully saturated rings. The van der Waals surface area contributed by atoms with Crippen LogP contribution in [0.15, 0.2) is 12.1 Å².